The lowest BCUT2D eigenvalue weighted by molar-refractivity contribution is -0.149. The van der Waals surface area contributed by atoms with Gasteiger partial charge in [0.25, 0.3) is 0 Å². The van der Waals surface area contributed by atoms with E-state index in [1.807, 2.05) is 40.7 Å². The summed E-state index contributed by atoms with van der Waals surface area (Å²) < 4.78 is 6.85. The number of carbonyl (C=O) groups is 1. The van der Waals surface area contributed by atoms with E-state index in [4.69, 9.17) is 4.74 Å². The molecule has 1 aromatic rings. The van der Waals surface area contributed by atoms with Crippen LogP contribution >= 0.6 is 15.9 Å². The summed E-state index contributed by atoms with van der Waals surface area (Å²) in [6, 6.07) is 8.28. The summed E-state index contributed by atoms with van der Waals surface area (Å²) >= 11 is 3.61. The van der Waals surface area contributed by atoms with Gasteiger partial charge in [-0.25, -0.2) is 0 Å². The molecule has 0 aliphatic heterocycles. The number of hydrogen-bond acceptors (Lipinski definition) is 2. The lowest BCUT2D eigenvalue weighted by atomic mass is 9.97. The highest BCUT2D eigenvalue weighted by molar-refractivity contribution is 9.10. The summed E-state index contributed by atoms with van der Waals surface area (Å²) in [5.74, 6) is 1.46. The summed E-state index contributed by atoms with van der Waals surface area (Å²) in [7, 11) is 0. The minimum Gasteiger partial charge on any atom is -0.430 e. The molecule has 114 valence electrons. The number of allylic oxidation sites excluding steroid dienone is 2. The van der Waals surface area contributed by atoms with Crippen molar-refractivity contribution >= 4 is 21.9 Å². The molecule has 0 bridgehead atoms. The number of benzene rings is 1. The van der Waals surface area contributed by atoms with E-state index in [0.29, 0.717) is 11.8 Å². The lowest BCUT2D eigenvalue weighted by Gasteiger charge is -2.19. The van der Waals surface area contributed by atoms with Crippen molar-refractivity contribution in [3.63, 3.8) is 0 Å². The number of halogens is 1. The average molecular weight is 351 g/mol. The van der Waals surface area contributed by atoms with Crippen molar-refractivity contribution in [3.8, 4) is 0 Å². The molecule has 0 amide bonds. The van der Waals surface area contributed by atoms with Crippen molar-refractivity contribution in [1.29, 1.82) is 0 Å². The maximum absolute atomic E-state index is 12.2. The molecule has 1 saturated carbocycles. The first-order valence-electron chi connectivity index (χ1n) is 7.36. The zero-order chi connectivity index (χ0) is 15.8. The highest BCUT2D eigenvalue weighted by Gasteiger charge is 2.44. The molecule has 1 aromatic carbocycles. The maximum atomic E-state index is 12.2. The Balaban J connectivity index is 2.16. The molecule has 2 rings (SSSR count). The normalized spacial score (nSPS) is 20.9. The van der Waals surface area contributed by atoms with Crippen LogP contribution in [-0.2, 0) is 9.53 Å². The third-order valence-electron chi connectivity index (χ3n) is 3.74. The van der Waals surface area contributed by atoms with E-state index in [9.17, 15) is 4.79 Å². The van der Waals surface area contributed by atoms with Crippen LogP contribution < -0.4 is 0 Å². The molecule has 1 aliphatic carbocycles. The molecular weight excluding hydrogens is 328 g/mol. The Morgan fingerprint density at radius 1 is 1.24 bits per heavy atom. The highest BCUT2D eigenvalue weighted by atomic mass is 79.9. The smallest absolute Gasteiger partial charge is 0.316 e. The molecule has 0 aromatic heterocycles. The van der Waals surface area contributed by atoms with Gasteiger partial charge in [0.2, 0.25) is 0 Å². The Labute approximate surface area is 135 Å². The fourth-order valence-corrected chi connectivity index (χ4v) is 2.98. The van der Waals surface area contributed by atoms with Gasteiger partial charge in [-0.3, -0.25) is 4.79 Å². The molecule has 2 atom stereocenters. The minimum atomic E-state index is -0.474. The van der Waals surface area contributed by atoms with E-state index in [1.54, 1.807) is 0 Å². The minimum absolute atomic E-state index is 0.156. The number of esters is 1. The second-order valence-corrected chi connectivity index (χ2v) is 7.83. The van der Waals surface area contributed by atoms with Crippen molar-refractivity contribution in [2.45, 2.75) is 47.0 Å². The molecule has 1 aliphatic rings. The van der Waals surface area contributed by atoms with Gasteiger partial charge in [-0.15, -0.1) is 0 Å². The molecule has 2 nitrogen and oxygen atoms in total. The Hall–Kier alpha value is -1.09. The zero-order valence-corrected chi connectivity index (χ0v) is 15.0. The van der Waals surface area contributed by atoms with Gasteiger partial charge in [0.15, 0.2) is 0 Å². The third-order valence-corrected chi connectivity index (χ3v) is 4.46. The summed E-state index contributed by atoms with van der Waals surface area (Å²) in [4.78, 5) is 12.2. The van der Waals surface area contributed by atoms with Crippen LogP contribution in [0.2, 0.25) is 0 Å². The van der Waals surface area contributed by atoms with Gasteiger partial charge in [0, 0.05) is 10.4 Å². The molecular formula is C18H23BrO2. The summed E-state index contributed by atoms with van der Waals surface area (Å²) in [5.41, 5.74) is 1.92. The highest BCUT2D eigenvalue weighted by Crippen LogP contribution is 2.54. The fraction of sp³-hybridized carbons (Fsp3) is 0.500. The fourth-order valence-electron chi connectivity index (χ4n) is 2.41. The standard InChI is InChI=1S/C18H23BrO2/c1-11(2)16(21-17(20)18(3,4)5)14-10-13(14)12-8-6-7-9-15(12)19/h6-9,13-14H,10H2,1-5H3/t13-,14-/m1/s1. The van der Waals surface area contributed by atoms with Gasteiger partial charge in [0.05, 0.1) is 5.41 Å². The van der Waals surface area contributed by atoms with Gasteiger partial charge in [-0.1, -0.05) is 34.1 Å². The van der Waals surface area contributed by atoms with Gasteiger partial charge in [0.1, 0.15) is 5.76 Å². The van der Waals surface area contributed by atoms with Crippen LogP contribution in [0.4, 0.5) is 0 Å². The van der Waals surface area contributed by atoms with E-state index in [0.717, 1.165) is 22.2 Å². The second-order valence-electron chi connectivity index (χ2n) is 6.97. The van der Waals surface area contributed by atoms with Crippen LogP contribution in [0.3, 0.4) is 0 Å². The molecule has 0 heterocycles. The third kappa shape index (κ3) is 3.76. The largest absolute Gasteiger partial charge is 0.430 e. The molecule has 0 radical (unpaired) electrons. The van der Waals surface area contributed by atoms with Crippen molar-refractivity contribution in [1.82, 2.24) is 0 Å². The van der Waals surface area contributed by atoms with Gasteiger partial charge >= 0.3 is 5.97 Å². The van der Waals surface area contributed by atoms with Crippen LogP contribution in [0, 0.1) is 11.3 Å². The Kier molecular flexibility index (Phi) is 4.62. The van der Waals surface area contributed by atoms with E-state index >= 15 is 0 Å². The number of ether oxygens (including phenoxy) is 1. The van der Waals surface area contributed by atoms with Crippen LogP contribution in [0.1, 0.15) is 52.5 Å². The van der Waals surface area contributed by atoms with Crippen LogP contribution in [0.25, 0.3) is 0 Å². The molecule has 3 heteroatoms. The number of hydrogen-bond donors (Lipinski definition) is 0. The van der Waals surface area contributed by atoms with E-state index in [1.165, 1.54) is 5.56 Å². The predicted molar refractivity (Wildman–Crippen MR) is 88.9 cm³/mol. The second kappa shape index (κ2) is 5.96. The van der Waals surface area contributed by atoms with Crippen LogP contribution in [0.15, 0.2) is 40.1 Å². The predicted octanol–water partition coefficient (Wildman–Crippen LogP) is 5.44. The molecule has 0 unspecified atom stereocenters. The van der Waals surface area contributed by atoms with E-state index in [2.05, 4.69) is 34.1 Å². The zero-order valence-electron chi connectivity index (χ0n) is 13.4. The Bertz CT molecular complexity index is 577. The maximum Gasteiger partial charge on any atom is 0.316 e. The van der Waals surface area contributed by atoms with Gasteiger partial charge in [-0.2, -0.15) is 0 Å². The molecule has 0 N–H and O–H groups in total. The summed E-state index contributed by atoms with van der Waals surface area (Å²) in [6.45, 7) is 9.68. The first-order chi connectivity index (χ1) is 9.71. The van der Waals surface area contributed by atoms with Crippen molar-refractivity contribution < 1.29 is 9.53 Å². The van der Waals surface area contributed by atoms with E-state index in [-0.39, 0.29) is 5.97 Å². The lowest BCUT2D eigenvalue weighted by Crippen LogP contribution is -2.23. The molecule has 21 heavy (non-hydrogen) atoms. The average Bonchev–Trinajstić information content (AvgIpc) is 3.14. The monoisotopic (exact) mass is 350 g/mol. The summed E-state index contributed by atoms with van der Waals surface area (Å²) in [6.07, 6.45) is 1.04. The quantitative estimate of drug-likeness (QED) is 0.536. The van der Waals surface area contributed by atoms with Crippen molar-refractivity contribution in [2.75, 3.05) is 0 Å². The first-order valence-corrected chi connectivity index (χ1v) is 8.15. The Morgan fingerprint density at radius 2 is 1.86 bits per heavy atom. The van der Waals surface area contributed by atoms with Crippen LogP contribution in [-0.4, -0.2) is 5.97 Å². The SMILES string of the molecule is CC(C)=C(OC(=O)C(C)(C)C)[C@@H]1C[C@@H]1c1ccccc1Br. The van der Waals surface area contributed by atoms with Crippen LogP contribution in [0.5, 0.6) is 0 Å². The molecule has 1 fully saturated rings. The topological polar surface area (TPSA) is 26.3 Å². The number of carbonyl (C=O) groups excluding carboxylic acids is 1. The van der Waals surface area contributed by atoms with Crippen molar-refractivity contribution in [2.24, 2.45) is 11.3 Å². The van der Waals surface area contributed by atoms with E-state index < -0.39 is 5.41 Å². The number of rotatable bonds is 3. The first kappa shape index (κ1) is 16.3. The van der Waals surface area contributed by atoms with Gasteiger partial charge in [-0.05, 0) is 64.2 Å². The van der Waals surface area contributed by atoms with Gasteiger partial charge < -0.3 is 4.74 Å². The Morgan fingerprint density at radius 3 is 2.38 bits per heavy atom. The molecule has 0 saturated heterocycles. The summed E-state index contributed by atoms with van der Waals surface area (Å²) in [5, 5.41) is 0. The van der Waals surface area contributed by atoms with Crippen molar-refractivity contribution in [3.05, 3.63) is 45.6 Å². The molecule has 0 spiro atoms.